The van der Waals surface area contributed by atoms with Crippen molar-refractivity contribution in [3.8, 4) is 11.5 Å². The third-order valence-corrected chi connectivity index (χ3v) is 4.96. The zero-order chi connectivity index (χ0) is 21.6. The van der Waals surface area contributed by atoms with Crippen LogP contribution in [0.1, 0.15) is 63.0 Å². The Morgan fingerprint density at radius 2 is 1.72 bits per heavy atom. The highest BCUT2D eigenvalue weighted by Gasteiger charge is 2.37. The monoisotopic (exact) mass is 418 g/mol. The zero-order valence-electron chi connectivity index (χ0n) is 17.6. The molecule has 0 spiro atoms. The van der Waals surface area contributed by atoms with Crippen LogP contribution in [0.5, 0.6) is 11.5 Å². The average Bonchev–Trinajstić information content (AvgIpc) is 2.59. The summed E-state index contributed by atoms with van der Waals surface area (Å²) < 4.78 is 17.0. The predicted molar refractivity (Wildman–Crippen MR) is 112 cm³/mol. The lowest BCUT2D eigenvalue weighted by Gasteiger charge is -2.35. The summed E-state index contributed by atoms with van der Waals surface area (Å²) in [5.41, 5.74) is 1.87. The Labute approximate surface area is 176 Å². The molecular weight excluding hydrogens is 392 g/mol. The molecule has 1 aliphatic rings. The molecule has 0 amide bonds. The topological polar surface area (TPSA) is 65.0 Å². The molecule has 6 heteroatoms. The minimum atomic E-state index is -1.45. The van der Waals surface area contributed by atoms with Crippen molar-refractivity contribution < 1.29 is 24.1 Å². The molecule has 2 unspecified atom stereocenters. The number of rotatable bonds is 2. The van der Waals surface area contributed by atoms with Gasteiger partial charge in [0.2, 0.25) is 0 Å². The number of halogens is 1. The van der Waals surface area contributed by atoms with Gasteiger partial charge in [-0.05, 0) is 40.7 Å². The van der Waals surface area contributed by atoms with E-state index >= 15 is 0 Å². The lowest BCUT2D eigenvalue weighted by molar-refractivity contribution is -0.199. The fraction of sp³-hybridized carbons (Fsp3) is 0.435. The van der Waals surface area contributed by atoms with E-state index < -0.39 is 18.5 Å². The summed E-state index contributed by atoms with van der Waals surface area (Å²) in [6.45, 7) is 12.5. The SMILES string of the molecule is CC(C)(C)c1cc2c(c(C(C)(C)C)c1)OC(O)C(OC(=O)c1cccc(Cl)c1)O2. The maximum Gasteiger partial charge on any atom is 0.341 e. The van der Waals surface area contributed by atoms with Gasteiger partial charge in [0.1, 0.15) is 0 Å². The minimum absolute atomic E-state index is 0.124. The lowest BCUT2D eigenvalue weighted by Crippen LogP contribution is -2.43. The molecule has 29 heavy (non-hydrogen) atoms. The maximum absolute atomic E-state index is 12.4. The van der Waals surface area contributed by atoms with Crippen LogP contribution in [-0.4, -0.2) is 23.7 Å². The molecule has 0 radical (unpaired) electrons. The number of aliphatic hydroxyl groups excluding tert-OH is 1. The molecule has 2 aromatic rings. The second-order valence-electron chi connectivity index (χ2n) is 9.26. The molecule has 0 aliphatic carbocycles. The number of esters is 1. The molecule has 2 aromatic carbocycles. The van der Waals surface area contributed by atoms with Crippen LogP contribution in [0.3, 0.4) is 0 Å². The van der Waals surface area contributed by atoms with Gasteiger partial charge in [-0.15, -0.1) is 0 Å². The molecule has 3 rings (SSSR count). The molecule has 1 heterocycles. The summed E-state index contributed by atoms with van der Waals surface area (Å²) in [5.74, 6) is 0.246. The molecule has 0 saturated carbocycles. The summed E-state index contributed by atoms with van der Waals surface area (Å²) in [7, 11) is 0. The van der Waals surface area contributed by atoms with Crippen molar-refractivity contribution in [3.05, 3.63) is 58.1 Å². The highest BCUT2D eigenvalue weighted by atomic mass is 35.5. The molecule has 1 aliphatic heterocycles. The van der Waals surface area contributed by atoms with Crippen LogP contribution in [0.2, 0.25) is 5.02 Å². The van der Waals surface area contributed by atoms with Crippen molar-refractivity contribution in [2.75, 3.05) is 0 Å². The van der Waals surface area contributed by atoms with Crippen LogP contribution in [0.25, 0.3) is 0 Å². The second kappa shape index (κ2) is 7.54. The van der Waals surface area contributed by atoms with Crippen molar-refractivity contribution in [2.45, 2.75) is 65.0 Å². The highest BCUT2D eigenvalue weighted by Crippen LogP contribution is 2.45. The average molecular weight is 419 g/mol. The van der Waals surface area contributed by atoms with E-state index in [9.17, 15) is 9.90 Å². The molecule has 2 atom stereocenters. The Balaban J connectivity index is 1.94. The van der Waals surface area contributed by atoms with Gasteiger partial charge >= 0.3 is 12.3 Å². The summed E-state index contributed by atoms with van der Waals surface area (Å²) in [6.07, 6.45) is -2.75. The van der Waals surface area contributed by atoms with Gasteiger partial charge in [0.25, 0.3) is 6.29 Å². The van der Waals surface area contributed by atoms with Crippen LogP contribution in [0, 0.1) is 0 Å². The van der Waals surface area contributed by atoms with E-state index in [-0.39, 0.29) is 16.4 Å². The summed E-state index contributed by atoms with van der Waals surface area (Å²) in [5, 5.41) is 10.8. The van der Waals surface area contributed by atoms with E-state index in [1.165, 1.54) is 6.07 Å². The smallest absolute Gasteiger partial charge is 0.341 e. The maximum atomic E-state index is 12.4. The fourth-order valence-electron chi connectivity index (χ4n) is 3.03. The van der Waals surface area contributed by atoms with Crippen molar-refractivity contribution >= 4 is 17.6 Å². The summed E-state index contributed by atoms with van der Waals surface area (Å²) in [6, 6.07) is 10.3. The van der Waals surface area contributed by atoms with E-state index in [4.69, 9.17) is 25.8 Å². The van der Waals surface area contributed by atoms with Gasteiger partial charge in [0.15, 0.2) is 11.5 Å². The summed E-state index contributed by atoms with van der Waals surface area (Å²) in [4.78, 5) is 12.4. The third-order valence-electron chi connectivity index (χ3n) is 4.73. The Morgan fingerprint density at radius 1 is 1.03 bits per heavy atom. The van der Waals surface area contributed by atoms with Gasteiger partial charge in [-0.3, -0.25) is 0 Å². The number of hydrogen-bond donors (Lipinski definition) is 1. The number of fused-ring (bicyclic) bond motifs is 1. The third kappa shape index (κ3) is 4.68. The first-order chi connectivity index (χ1) is 13.4. The van der Waals surface area contributed by atoms with Crippen molar-refractivity contribution in [1.82, 2.24) is 0 Å². The van der Waals surface area contributed by atoms with E-state index in [0.29, 0.717) is 16.5 Å². The van der Waals surface area contributed by atoms with Gasteiger partial charge in [-0.2, -0.15) is 0 Å². The van der Waals surface area contributed by atoms with Crippen molar-refractivity contribution in [1.29, 1.82) is 0 Å². The molecule has 0 aromatic heterocycles. The largest absolute Gasteiger partial charge is 0.453 e. The van der Waals surface area contributed by atoms with Crippen molar-refractivity contribution in [3.63, 3.8) is 0 Å². The lowest BCUT2D eigenvalue weighted by atomic mass is 9.80. The van der Waals surface area contributed by atoms with E-state index in [1.807, 2.05) is 6.07 Å². The van der Waals surface area contributed by atoms with Crippen LogP contribution in [0.4, 0.5) is 0 Å². The van der Waals surface area contributed by atoms with Crippen LogP contribution >= 0.6 is 11.6 Å². The molecule has 1 N–H and O–H groups in total. The summed E-state index contributed by atoms with van der Waals surface area (Å²) >= 11 is 5.93. The Hall–Kier alpha value is -2.24. The van der Waals surface area contributed by atoms with Crippen LogP contribution < -0.4 is 9.47 Å². The number of benzene rings is 2. The molecule has 0 saturated heterocycles. The van der Waals surface area contributed by atoms with E-state index in [2.05, 4.69) is 47.6 Å². The van der Waals surface area contributed by atoms with Gasteiger partial charge in [-0.1, -0.05) is 65.3 Å². The number of hydrogen-bond acceptors (Lipinski definition) is 5. The molecule has 0 bridgehead atoms. The molecule has 5 nitrogen and oxygen atoms in total. The number of carbonyl (C=O) groups excluding carboxylic acids is 1. The minimum Gasteiger partial charge on any atom is -0.453 e. The first kappa shape index (κ1) is 21.5. The Bertz CT molecular complexity index is 924. The normalized spacial score (nSPS) is 19.0. The van der Waals surface area contributed by atoms with Gasteiger partial charge in [0.05, 0.1) is 5.56 Å². The van der Waals surface area contributed by atoms with Crippen LogP contribution in [-0.2, 0) is 15.6 Å². The molecular formula is C23H27ClO5. The zero-order valence-corrected chi connectivity index (χ0v) is 18.3. The van der Waals surface area contributed by atoms with Gasteiger partial charge in [-0.25, -0.2) is 4.79 Å². The Kier molecular flexibility index (Phi) is 5.58. The quantitative estimate of drug-likeness (QED) is 0.678. The highest BCUT2D eigenvalue weighted by molar-refractivity contribution is 6.30. The predicted octanol–water partition coefficient (Wildman–Crippen LogP) is 5.21. The first-order valence-electron chi connectivity index (χ1n) is 9.53. The van der Waals surface area contributed by atoms with Crippen molar-refractivity contribution in [2.24, 2.45) is 0 Å². The number of aliphatic hydroxyl groups is 1. The Morgan fingerprint density at radius 3 is 2.31 bits per heavy atom. The van der Waals surface area contributed by atoms with Gasteiger partial charge < -0.3 is 19.3 Å². The van der Waals surface area contributed by atoms with E-state index in [0.717, 1.165) is 11.1 Å². The second-order valence-corrected chi connectivity index (χ2v) is 9.70. The molecule has 0 fully saturated rings. The number of ether oxygens (including phenoxy) is 3. The van der Waals surface area contributed by atoms with E-state index in [1.54, 1.807) is 18.2 Å². The van der Waals surface area contributed by atoms with Gasteiger partial charge in [0, 0.05) is 10.6 Å². The first-order valence-corrected chi connectivity index (χ1v) is 9.91. The standard InChI is InChI=1S/C23H27ClO5/c1-22(2,3)14-11-16(23(4,5)6)18-17(12-14)27-21(20(26)28-18)29-19(25)13-8-7-9-15(24)10-13/h7-12,20-21,26H,1-6H3. The fourth-order valence-corrected chi connectivity index (χ4v) is 3.22. The molecule has 156 valence electrons. The van der Waals surface area contributed by atoms with Crippen LogP contribution in [0.15, 0.2) is 36.4 Å². The number of carbonyl (C=O) groups is 1.